The van der Waals surface area contributed by atoms with Crippen molar-refractivity contribution in [1.82, 2.24) is 4.98 Å². The van der Waals surface area contributed by atoms with Crippen LogP contribution in [0.25, 0.3) is 0 Å². The van der Waals surface area contributed by atoms with Crippen molar-refractivity contribution in [2.75, 3.05) is 0 Å². The van der Waals surface area contributed by atoms with Gasteiger partial charge < -0.3 is 14.6 Å². The Hall–Kier alpha value is -1.83. The lowest BCUT2D eigenvalue weighted by Gasteiger charge is -2.21. The molecule has 0 saturated heterocycles. The second-order valence-electron chi connectivity index (χ2n) is 4.99. The van der Waals surface area contributed by atoms with Crippen LogP contribution in [-0.4, -0.2) is 22.5 Å². The van der Waals surface area contributed by atoms with Gasteiger partial charge in [-0.25, -0.2) is 4.98 Å². The van der Waals surface area contributed by atoms with Crippen LogP contribution in [0.15, 0.2) is 42.5 Å². The Balaban J connectivity index is 1.95. The molecular weight excluding hydrogens is 347 g/mol. The Morgan fingerprint density at radius 1 is 1.17 bits per heavy atom. The molecule has 130 valence electrons. The molecule has 2 aromatic rings. The van der Waals surface area contributed by atoms with Crippen molar-refractivity contribution in [2.45, 2.75) is 32.1 Å². The zero-order valence-corrected chi connectivity index (χ0v) is 13.4. The number of ether oxygens (including phenoxy) is 2. The summed E-state index contributed by atoms with van der Waals surface area (Å²) in [6.07, 6.45) is -6.74. The molecule has 0 fully saturated rings. The molecule has 1 N–H and O–H groups in total. The first-order chi connectivity index (χ1) is 11.3. The molecule has 1 aromatic carbocycles. The lowest BCUT2D eigenvalue weighted by Crippen LogP contribution is -2.31. The van der Waals surface area contributed by atoms with Gasteiger partial charge in [-0.15, -0.1) is 0 Å². The number of rotatable bonds is 6. The molecule has 1 heterocycles. The van der Waals surface area contributed by atoms with Crippen molar-refractivity contribution >= 4 is 11.6 Å². The van der Waals surface area contributed by atoms with Crippen molar-refractivity contribution in [3.63, 3.8) is 0 Å². The third-order valence-electron chi connectivity index (χ3n) is 3.08. The second-order valence-corrected chi connectivity index (χ2v) is 5.35. The zero-order chi connectivity index (χ0) is 17.7. The average Bonchev–Trinajstić information content (AvgIpc) is 2.54. The van der Waals surface area contributed by atoms with E-state index in [0.29, 0.717) is 0 Å². The van der Waals surface area contributed by atoms with E-state index >= 15 is 0 Å². The van der Waals surface area contributed by atoms with Gasteiger partial charge in [-0.3, -0.25) is 0 Å². The van der Waals surface area contributed by atoms with Crippen LogP contribution in [0.5, 0.6) is 5.75 Å². The van der Waals surface area contributed by atoms with E-state index in [2.05, 4.69) is 4.98 Å². The third-order valence-corrected chi connectivity index (χ3v) is 3.35. The van der Waals surface area contributed by atoms with Crippen LogP contribution < -0.4 is 4.74 Å². The number of alkyl halides is 3. The summed E-state index contributed by atoms with van der Waals surface area (Å²) >= 11 is 5.70. The summed E-state index contributed by atoms with van der Waals surface area (Å²) in [4.78, 5) is 3.24. The highest BCUT2D eigenvalue weighted by molar-refractivity contribution is 6.30. The number of nitrogens with zero attached hydrogens (tertiary/aromatic N) is 1. The molecule has 0 aliphatic heterocycles. The Kier molecular flexibility index (Phi) is 6.04. The Bertz CT molecular complexity index is 667. The second kappa shape index (κ2) is 7.83. The molecule has 2 rings (SSSR count). The minimum absolute atomic E-state index is 0.0699. The van der Waals surface area contributed by atoms with Gasteiger partial charge in [0.05, 0.1) is 6.61 Å². The van der Waals surface area contributed by atoms with Crippen LogP contribution in [-0.2, 0) is 17.5 Å². The maximum absolute atomic E-state index is 12.5. The van der Waals surface area contributed by atoms with Gasteiger partial charge in [0.15, 0.2) is 17.2 Å². The van der Waals surface area contributed by atoms with Gasteiger partial charge in [0.2, 0.25) is 0 Å². The molecule has 0 aliphatic carbocycles. The molecule has 0 amide bonds. The fraction of sp³-hybridized carbons (Fsp3) is 0.312. The van der Waals surface area contributed by atoms with Gasteiger partial charge in [-0.2, -0.15) is 13.2 Å². The first-order valence-electron chi connectivity index (χ1n) is 7.01. The van der Waals surface area contributed by atoms with Gasteiger partial charge in [0, 0.05) is 0 Å². The van der Waals surface area contributed by atoms with Crippen LogP contribution in [0.1, 0.15) is 18.2 Å². The highest BCUT2D eigenvalue weighted by atomic mass is 35.5. The molecule has 1 aromatic heterocycles. The molecule has 0 saturated carbocycles. The fourth-order valence-electron chi connectivity index (χ4n) is 1.82. The SMILES string of the molecule is CC(Oc1ccc(C(F)(F)F)nc1Cl)C(O)OCc1ccccc1. The Labute approximate surface area is 141 Å². The maximum atomic E-state index is 12.5. The lowest BCUT2D eigenvalue weighted by molar-refractivity contribution is -0.156. The summed E-state index contributed by atoms with van der Waals surface area (Å²) in [6.45, 7) is 1.67. The first-order valence-corrected chi connectivity index (χ1v) is 7.39. The maximum Gasteiger partial charge on any atom is 0.433 e. The van der Waals surface area contributed by atoms with Crippen LogP contribution >= 0.6 is 11.6 Å². The van der Waals surface area contributed by atoms with E-state index in [0.717, 1.165) is 17.7 Å². The van der Waals surface area contributed by atoms with E-state index in [4.69, 9.17) is 21.1 Å². The van der Waals surface area contributed by atoms with E-state index in [1.165, 1.54) is 6.92 Å². The summed E-state index contributed by atoms with van der Waals surface area (Å²) in [6, 6.07) is 11.0. The summed E-state index contributed by atoms with van der Waals surface area (Å²) in [7, 11) is 0. The molecule has 2 unspecified atom stereocenters. The third kappa shape index (κ3) is 5.09. The number of hydrogen-bond acceptors (Lipinski definition) is 4. The molecule has 0 radical (unpaired) electrons. The van der Waals surface area contributed by atoms with Gasteiger partial charge in [-0.05, 0) is 24.6 Å². The van der Waals surface area contributed by atoms with Crippen LogP contribution in [0, 0.1) is 0 Å². The molecule has 24 heavy (non-hydrogen) atoms. The van der Waals surface area contributed by atoms with Gasteiger partial charge in [0.25, 0.3) is 0 Å². The van der Waals surface area contributed by atoms with E-state index in [9.17, 15) is 18.3 Å². The summed E-state index contributed by atoms with van der Waals surface area (Å²) < 4.78 is 48.2. The Morgan fingerprint density at radius 2 is 1.83 bits per heavy atom. The predicted molar refractivity (Wildman–Crippen MR) is 81.6 cm³/mol. The van der Waals surface area contributed by atoms with Crippen LogP contribution in [0.2, 0.25) is 5.15 Å². The number of pyridine rings is 1. The number of aromatic nitrogens is 1. The summed E-state index contributed by atoms with van der Waals surface area (Å²) in [5.74, 6) is -0.0699. The fourth-order valence-corrected chi connectivity index (χ4v) is 2.02. The largest absolute Gasteiger partial charge is 0.482 e. The minimum atomic E-state index is -4.59. The summed E-state index contributed by atoms with van der Waals surface area (Å²) in [5.41, 5.74) is -0.258. The van der Waals surface area contributed by atoms with Gasteiger partial charge in [-0.1, -0.05) is 41.9 Å². The predicted octanol–water partition coefficient (Wildman–Crippen LogP) is 4.06. The highest BCUT2D eigenvalue weighted by Gasteiger charge is 2.33. The number of aliphatic hydroxyl groups is 1. The average molecular weight is 362 g/mol. The topological polar surface area (TPSA) is 51.6 Å². The monoisotopic (exact) mass is 361 g/mol. The Morgan fingerprint density at radius 3 is 2.42 bits per heavy atom. The minimum Gasteiger partial charge on any atom is -0.482 e. The molecule has 8 heteroatoms. The van der Waals surface area contributed by atoms with Crippen molar-refractivity contribution in [3.8, 4) is 5.75 Å². The van der Waals surface area contributed by atoms with E-state index < -0.39 is 29.4 Å². The van der Waals surface area contributed by atoms with Gasteiger partial charge in [0.1, 0.15) is 11.8 Å². The van der Waals surface area contributed by atoms with Crippen molar-refractivity contribution in [2.24, 2.45) is 0 Å². The quantitative estimate of drug-likeness (QED) is 0.623. The molecule has 2 atom stereocenters. The number of hydrogen-bond donors (Lipinski definition) is 1. The van der Waals surface area contributed by atoms with Crippen LogP contribution in [0.4, 0.5) is 13.2 Å². The summed E-state index contributed by atoms with van der Waals surface area (Å²) in [5, 5.41) is 9.49. The standard InChI is InChI=1S/C16H15ClF3NO3/c1-10(15(22)23-9-11-5-3-2-4-6-11)24-12-7-8-13(16(18,19)20)21-14(12)17/h2-8,10,15,22H,9H2,1H3. The first kappa shape index (κ1) is 18.5. The lowest BCUT2D eigenvalue weighted by atomic mass is 10.2. The van der Waals surface area contributed by atoms with E-state index in [1.807, 2.05) is 30.3 Å². The number of benzene rings is 1. The van der Waals surface area contributed by atoms with E-state index in [1.54, 1.807) is 0 Å². The molecule has 0 aliphatic rings. The van der Waals surface area contributed by atoms with Crippen molar-refractivity contribution < 1.29 is 27.8 Å². The molecular formula is C16H15ClF3NO3. The normalized spacial score (nSPS) is 14.2. The van der Waals surface area contributed by atoms with Gasteiger partial charge >= 0.3 is 6.18 Å². The van der Waals surface area contributed by atoms with Crippen molar-refractivity contribution in [1.29, 1.82) is 0 Å². The van der Waals surface area contributed by atoms with E-state index in [-0.39, 0.29) is 12.4 Å². The number of halogens is 4. The zero-order valence-electron chi connectivity index (χ0n) is 12.6. The smallest absolute Gasteiger partial charge is 0.433 e. The molecule has 4 nitrogen and oxygen atoms in total. The van der Waals surface area contributed by atoms with Crippen LogP contribution in [0.3, 0.4) is 0 Å². The molecule has 0 bridgehead atoms. The van der Waals surface area contributed by atoms with Crippen molar-refractivity contribution in [3.05, 3.63) is 58.9 Å². The number of aliphatic hydroxyl groups excluding tert-OH is 1. The highest BCUT2D eigenvalue weighted by Crippen LogP contribution is 2.32. The molecule has 0 spiro atoms.